The third-order valence-corrected chi connectivity index (χ3v) is 1.49. The molecule has 0 spiro atoms. The van der Waals surface area contributed by atoms with E-state index in [1.54, 1.807) is 6.20 Å². The monoisotopic (exact) mass is 106 g/mol. The Hall–Kier alpha value is 0.846. The molecule has 0 aliphatic heterocycles. The summed E-state index contributed by atoms with van der Waals surface area (Å²) in [4.78, 5) is 6.92. The Labute approximate surface area is 69.9 Å². The number of nitrogens with zero attached hydrogens (tertiary/aromatic N) is 1. The van der Waals surface area contributed by atoms with Crippen molar-refractivity contribution in [3.8, 4) is 0 Å². The third kappa shape index (κ3) is 1.16. The van der Waals surface area contributed by atoms with Gasteiger partial charge < -0.3 is 0 Å². The van der Waals surface area contributed by atoms with Crippen molar-refractivity contribution in [3.05, 3.63) is 12.4 Å². The molecule has 1 aromatic heterocycles. The predicted molar refractivity (Wildman–Crippen MR) is 24.0 cm³/mol. The van der Waals surface area contributed by atoms with Gasteiger partial charge in [0.05, 0.1) is 0 Å². The van der Waals surface area contributed by atoms with Crippen molar-refractivity contribution in [3.63, 3.8) is 0 Å². The first-order chi connectivity index (χ1) is 2.89. The molecule has 6 heavy (non-hydrogen) atoms. The minimum absolute atomic E-state index is 0.719. The Morgan fingerprint density at radius 2 is 2.67 bits per heavy atom. The normalized spacial score (nSPS) is 9.00. The summed E-state index contributed by atoms with van der Waals surface area (Å²) in [5.74, 6) is 0. The van der Waals surface area contributed by atoms with Crippen LogP contribution in [0.3, 0.4) is 0 Å². The van der Waals surface area contributed by atoms with E-state index in [4.69, 9.17) is 0 Å². The molecule has 0 bridgehead atoms. The van der Waals surface area contributed by atoms with Crippen LogP contribution >= 0.6 is 0 Å². The van der Waals surface area contributed by atoms with Crippen molar-refractivity contribution in [2.24, 2.45) is 0 Å². The Kier molecular flexibility index (Phi) is 1.86. The maximum atomic E-state index is 3.94. The number of rotatable bonds is 0. The van der Waals surface area contributed by atoms with Crippen LogP contribution in [0.25, 0.3) is 0 Å². The molecule has 0 saturated carbocycles. The van der Waals surface area contributed by atoms with Gasteiger partial charge in [0.15, 0.2) is 0 Å². The van der Waals surface area contributed by atoms with Gasteiger partial charge in [-0.05, 0) is 0 Å². The third-order valence-electron chi connectivity index (χ3n) is 0.635. The van der Waals surface area contributed by atoms with Crippen LogP contribution in [0.5, 0.6) is 0 Å². The van der Waals surface area contributed by atoms with Gasteiger partial charge in [-0.3, -0.25) is 0 Å². The molecule has 0 fully saturated rings. The van der Waals surface area contributed by atoms with Gasteiger partial charge in [0.2, 0.25) is 0 Å². The molecule has 0 saturated heterocycles. The molecule has 1 N–H and O–H groups in total. The maximum absolute atomic E-state index is 3.94. The van der Waals surface area contributed by atoms with Crippen LogP contribution in [0.4, 0.5) is 0 Å². The Bertz CT molecular complexity index is 112. The Morgan fingerprint density at radius 1 is 1.83 bits per heavy atom. The summed E-state index contributed by atoms with van der Waals surface area (Å²) in [5.41, 5.74) is 0. The predicted octanol–water partition coefficient (Wildman–Crippen LogP) is -0.797. The van der Waals surface area contributed by atoms with E-state index in [0.29, 0.717) is 0 Å². The molecule has 1 heterocycles. The van der Waals surface area contributed by atoms with E-state index in [9.17, 15) is 0 Å². The standard InChI is InChI=1S/C3H3N2.K/c1-2-5-3-4-1;/h1-2H,(H,4,5);. The summed E-state index contributed by atoms with van der Waals surface area (Å²) in [5, 5.41) is 0. The number of nitrogens with one attached hydrogen (secondary N) is 1. The second kappa shape index (κ2) is 2.23. The van der Waals surface area contributed by atoms with E-state index in [1.807, 2.05) is 6.20 Å². The molecule has 0 amide bonds. The molecule has 0 atom stereocenters. The van der Waals surface area contributed by atoms with Crippen LogP contribution in [0.2, 0.25) is 0 Å². The van der Waals surface area contributed by atoms with Gasteiger partial charge in [-0.25, -0.2) is 0 Å². The van der Waals surface area contributed by atoms with Gasteiger partial charge in [-0.15, -0.1) is 0 Å². The average Bonchev–Trinajstić information content (AvgIpc) is 1.86. The molecule has 1 aromatic rings. The van der Waals surface area contributed by atoms with Crippen molar-refractivity contribution in [1.82, 2.24) is 9.97 Å². The molecule has 0 aliphatic carbocycles. The fourth-order valence-corrected chi connectivity index (χ4v) is 0.837. The topological polar surface area (TPSA) is 28.7 Å². The van der Waals surface area contributed by atoms with Crippen LogP contribution in [0, 0.1) is 0 Å². The zero-order valence-electron chi connectivity index (χ0n) is 3.60. The fourth-order valence-electron chi connectivity index (χ4n) is 0.344. The summed E-state index contributed by atoms with van der Waals surface area (Å²) in [7, 11) is 0. The number of H-pyrrole nitrogens is 1. The Balaban J connectivity index is 3.05. The van der Waals surface area contributed by atoms with Crippen molar-refractivity contribution in [2.75, 3.05) is 0 Å². The number of aromatic nitrogens is 2. The summed E-state index contributed by atoms with van der Waals surface area (Å²) in [6.45, 7) is 0. The van der Waals surface area contributed by atoms with Crippen molar-refractivity contribution >= 4 is 48.9 Å². The fraction of sp³-hybridized carbons (Fsp3) is 0. The number of aromatic amines is 1. The molecular weight excluding hydrogens is 103 g/mol. The van der Waals surface area contributed by atoms with E-state index >= 15 is 0 Å². The van der Waals surface area contributed by atoms with Crippen molar-refractivity contribution < 1.29 is 0 Å². The molecule has 0 aliphatic rings. The van der Waals surface area contributed by atoms with Gasteiger partial charge in [0.25, 0.3) is 0 Å². The number of hydrogen-bond acceptors (Lipinski definition) is 1. The molecule has 26 valence electrons. The molecular formula is C3H3KN2. The van der Waals surface area contributed by atoms with Crippen LogP contribution in [-0.4, -0.2) is 58.9 Å². The first-order valence-corrected chi connectivity index (χ1v) is 3.42. The first kappa shape index (κ1) is 4.99. The second-order valence-corrected chi connectivity index (χ2v) is 2.65. The van der Waals surface area contributed by atoms with Crippen LogP contribution in [0.1, 0.15) is 0 Å². The van der Waals surface area contributed by atoms with Gasteiger partial charge in [0, 0.05) is 0 Å². The quantitative estimate of drug-likeness (QED) is 0.431. The molecule has 0 radical (unpaired) electrons. The summed E-state index contributed by atoms with van der Waals surface area (Å²) in [6.07, 6.45) is 3.63. The SMILES string of the molecule is [K][c]1ncc[nH]1. The van der Waals surface area contributed by atoms with Crippen LogP contribution in [-0.2, 0) is 0 Å². The first-order valence-electron chi connectivity index (χ1n) is 1.85. The molecule has 0 aromatic carbocycles. The summed E-state index contributed by atoms with van der Waals surface area (Å²) >= 11 is 0.719. The Morgan fingerprint density at radius 3 is 2.83 bits per heavy atom. The molecule has 3 heteroatoms. The van der Waals surface area contributed by atoms with Crippen molar-refractivity contribution in [2.45, 2.75) is 0 Å². The number of hydrogen-bond donors (Lipinski definition) is 1. The zero-order chi connectivity index (χ0) is 4.41. The van der Waals surface area contributed by atoms with E-state index in [2.05, 4.69) is 9.97 Å². The molecule has 2 nitrogen and oxygen atoms in total. The summed E-state index contributed by atoms with van der Waals surface area (Å²) < 4.78 is 1.16. The summed E-state index contributed by atoms with van der Waals surface area (Å²) in [6, 6.07) is 0. The number of imidazole rings is 1. The van der Waals surface area contributed by atoms with E-state index in [0.717, 1.165) is 48.9 Å². The average molecular weight is 106 g/mol. The van der Waals surface area contributed by atoms with Crippen LogP contribution < -0.4 is -0.0810 Å². The van der Waals surface area contributed by atoms with Gasteiger partial charge >= 0.3 is 71.2 Å². The zero-order valence-corrected chi connectivity index (χ0v) is 6.73. The van der Waals surface area contributed by atoms with E-state index in [-0.39, 0.29) is 0 Å². The second-order valence-electron chi connectivity index (χ2n) is 1.17. The van der Waals surface area contributed by atoms with E-state index < -0.39 is 0 Å². The molecule has 0 unspecified atom stereocenters. The van der Waals surface area contributed by atoms with Crippen molar-refractivity contribution in [1.29, 1.82) is 0 Å². The van der Waals surface area contributed by atoms with Gasteiger partial charge in [0.1, 0.15) is 0 Å². The minimum atomic E-state index is 0.719. The van der Waals surface area contributed by atoms with Crippen LogP contribution in [0.15, 0.2) is 12.4 Å². The van der Waals surface area contributed by atoms with E-state index in [1.165, 1.54) is 0 Å². The molecule has 1 rings (SSSR count). The van der Waals surface area contributed by atoms with Gasteiger partial charge in [-0.1, -0.05) is 0 Å². The van der Waals surface area contributed by atoms with Gasteiger partial charge in [-0.2, -0.15) is 0 Å².